The van der Waals surface area contributed by atoms with Crippen LogP contribution in [0.15, 0.2) is 73.1 Å². The highest BCUT2D eigenvalue weighted by Gasteiger charge is 2.10. The van der Waals surface area contributed by atoms with Crippen molar-refractivity contribution in [1.82, 2.24) is 10.3 Å². The summed E-state index contributed by atoms with van der Waals surface area (Å²) in [6.07, 6.45) is 3.31. The van der Waals surface area contributed by atoms with E-state index in [4.69, 9.17) is 11.6 Å². The highest BCUT2D eigenvalue weighted by molar-refractivity contribution is 6.30. The molecule has 0 aliphatic heterocycles. The van der Waals surface area contributed by atoms with E-state index in [0.29, 0.717) is 17.1 Å². The molecule has 3 rings (SSSR count). The summed E-state index contributed by atoms with van der Waals surface area (Å²) < 4.78 is 0. The largest absolute Gasteiger partial charge is 0.348 e. The molecule has 1 N–H and O–H groups in total. The minimum atomic E-state index is -0.161. The molecule has 1 aromatic heterocycles. The van der Waals surface area contributed by atoms with Crippen LogP contribution in [0.2, 0.25) is 5.02 Å². The van der Waals surface area contributed by atoms with Gasteiger partial charge in [0.05, 0.1) is 17.4 Å². The van der Waals surface area contributed by atoms with Crippen molar-refractivity contribution in [2.24, 2.45) is 0 Å². The number of nitrogens with one attached hydrogen (secondary N) is 1. The molecule has 5 heteroatoms. The Bertz CT molecular complexity index is 850. The number of carbonyl (C=O) groups excluding carboxylic acids is 1. The zero-order valence-corrected chi connectivity index (χ0v) is 14.6. The number of nitrogens with zero attached hydrogens (tertiary/aromatic N) is 2. The van der Waals surface area contributed by atoms with Crippen molar-refractivity contribution in [2.75, 3.05) is 11.9 Å². The molecule has 0 atom stereocenters. The average molecular weight is 352 g/mol. The Morgan fingerprint density at radius 1 is 1.04 bits per heavy atom. The number of amides is 1. The van der Waals surface area contributed by atoms with Gasteiger partial charge in [-0.25, -0.2) is 0 Å². The van der Waals surface area contributed by atoms with Crippen molar-refractivity contribution in [3.8, 4) is 0 Å². The van der Waals surface area contributed by atoms with Crippen molar-refractivity contribution in [2.45, 2.75) is 6.54 Å². The molecule has 1 amide bonds. The molecule has 25 heavy (non-hydrogen) atoms. The van der Waals surface area contributed by atoms with E-state index in [9.17, 15) is 4.79 Å². The van der Waals surface area contributed by atoms with Gasteiger partial charge in [0.1, 0.15) is 0 Å². The van der Waals surface area contributed by atoms with Gasteiger partial charge in [-0.1, -0.05) is 41.9 Å². The third kappa shape index (κ3) is 4.37. The summed E-state index contributed by atoms with van der Waals surface area (Å²) in [7, 11) is 1.95. The van der Waals surface area contributed by atoms with Crippen molar-refractivity contribution in [3.63, 3.8) is 0 Å². The Balaban J connectivity index is 1.70. The van der Waals surface area contributed by atoms with Gasteiger partial charge in [0.2, 0.25) is 0 Å². The Kier molecular flexibility index (Phi) is 5.31. The number of rotatable bonds is 5. The van der Waals surface area contributed by atoms with Crippen LogP contribution < -0.4 is 10.2 Å². The predicted octanol–water partition coefficient (Wildman–Crippen LogP) is 4.43. The fraction of sp³-hybridized carbons (Fsp3) is 0.100. The Hall–Kier alpha value is -2.85. The summed E-state index contributed by atoms with van der Waals surface area (Å²) in [4.78, 5) is 18.6. The number of carbonyl (C=O) groups is 1. The van der Waals surface area contributed by atoms with Gasteiger partial charge in [0, 0.05) is 30.5 Å². The van der Waals surface area contributed by atoms with Crippen LogP contribution in [0.5, 0.6) is 0 Å². The van der Waals surface area contributed by atoms with Gasteiger partial charge in [0.15, 0.2) is 0 Å². The maximum Gasteiger partial charge on any atom is 0.253 e. The van der Waals surface area contributed by atoms with Crippen LogP contribution in [0.1, 0.15) is 15.9 Å². The fourth-order valence-electron chi connectivity index (χ4n) is 2.42. The lowest BCUT2D eigenvalue weighted by atomic mass is 10.2. The van der Waals surface area contributed by atoms with Gasteiger partial charge in [-0.3, -0.25) is 9.78 Å². The molecule has 0 fully saturated rings. The molecule has 0 bridgehead atoms. The average Bonchev–Trinajstić information content (AvgIpc) is 2.67. The molecule has 2 aromatic carbocycles. The highest BCUT2D eigenvalue weighted by Crippen LogP contribution is 2.23. The predicted molar refractivity (Wildman–Crippen MR) is 101 cm³/mol. The third-order valence-electron chi connectivity index (χ3n) is 3.88. The van der Waals surface area contributed by atoms with Gasteiger partial charge in [-0.2, -0.15) is 0 Å². The van der Waals surface area contributed by atoms with E-state index in [1.165, 1.54) is 0 Å². The quantitative estimate of drug-likeness (QED) is 0.739. The first-order chi connectivity index (χ1) is 12.1. The molecule has 0 unspecified atom stereocenters. The summed E-state index contributed by atoms with van der Waals surface area (Å²) in [5.74, 6) is -0.161. The molecule has 126 valence electrons. The molecule has 0 aliphatic rings. The molecular formula is C20H18ClN3O. The van der Waals surface area contributed by atoms with E-state index >= 15 is 0 Å². The molecular weight excluding hydrogens is 334 g/mol. The summed E-state index contributed by atoms with van der Waals surface area (Å²) >= 11 is 5.87. The van der Waals surface area contributed by atoms with E-state index in [0.717, 1.165) is 16.9 Å². The topological polar surface area (TPSA) is 45.2 Å². The first-order valence-corrected chi connectivity index (χ1v) is 8.28. The smallest absolute Gasteiger partial charge is 0.253 e. The SMILES string of the molecule is CN(c1ccccc1)c1cncc(C(=O)NCc2ccc(Cl)cc2)c1. The maximum absolute atomic E-state index is 12.4. The summed E-state index contributed by atoms with van der Waals surface area (Å²) in [6.45, 7) is 0.439. The first kappa shape index (κ1) is 17.0. The molecule has 0 saturated carbocycles. The van der Waals surface area contributed by atoms with Crippen molar-refractivity contribution < 1.29 is 4.79 Å². The van der Waals surface area contributed by atoms with Crippen LogP contribution in [-0.2, 0) is 6.54 Å². The lowest BCUT2D eigenvalue weighted by Gasteiger charge is -2.19. The van der Waals surface area contributed by atoms with Crippen LogP contribution in [0.3, 0.4) is 0 Å². The summed E-state index contributed by atoms with van der Waals surface area (Å²) in [6, 6.07) is 19.2. The molecule has 1 heterocycles. The second kappa shape index (κ2) is 7.81. The molecule has 0 spiro atoms. The number of pyridine rings is 1. The molecule has 0 aliphatic carbocycles. The van der Waals surface area contributed by atoms with E-state index in [-0.39, 0.29) is 5.91 Å². The summed E-state index contributed by atoms with van der Waals surface area (Å²) in [5.41, 5.74) is 3.39. The monoisotopic (exact) mass is 351 g/mol. The third-order valence-corrected chi connectivity index (χ3v) is 4.14. The maximum atomic E-state index is 12.4. The van der Waals surface area contributed by atoms with E-state index in [1.807, 2.05) is 60.5 Å². The molecule has 4 nitrogen and oxygen atoms in total. The number of aromatic nitrogens is 1. The number of para-hydroxylation sites is 1. The van der Waals surface area contributed by atoms with E-state index in [1.54, 1.807) is 24.5 Å². The van der Waals surface area contributed by atoms with Crippen LogP contribution in [0, 0.1) is 0 Å². The Labute approximate surface area is 152 Å². The fourth-order valence-corrected chi connectivity index (χ4v) is 2.55. The normalized spacial score (nSPS) is 10.3. The standard InChI is InChI=1S/C20H18ClN3O/c1-24(18-5-3-2-4-6-18)19-11-16(13-22-14-19)20(25)23-12-15-7-9-17(21)10-8-15/h2-11,13-14H,12H2,1H3,(H,23,25). The van der Waals surface area contributed by atoms with Gasteiger partial charge in [-0.05, 0) is 35.9 Å². The van der Waals surface area contributed by atoms with E-state index < -0.39 is 0 Å². The zero-order chi connectivity index (χ0) is 17.6. The highest BCUT2D eigenvalue weighted by atomic mass is 35.5. The Morgan fingerprint density at radius 3 is 2.48 bits per heavy atom. The lowest BCUT2D eigenvalue weighted by molar-refractivity contribution is 0.0950. The molecule has 0 radical (unpaired) electrons. The van der Waals surface area contributed by atoms with Crippen LogP contribution in [0.25, 0.3) is 0 Å². The molecule has 3 aromatic rings. The number of halogens is 1. The van der Waals surface area contributed by atoms with Gasteiger partial charge >= 0.3 is 0 Å². The van der Waals surface area contributed by atoms with Gasteiger partial charge in [0.25, 0.3) is 5.91 Å². The van der Waals surface area contributed by atoms with Gasteiger partial charge in [-0.15, -0.1) is 0 Å². The second-order valence-electron chi connectivity index (χ2n) is 5.64. The van der Waals surface area contributed by atoms with Crippen LogP contribution >= 0.6 is 11.6 Å². The van der Waals surface area contributed by atoms with Gasteiger partial charge < -0.3 is 10.2 Å². The van der Waals surface area contributed by atoms with Crippen molar-refractivity contribution in [3.05, 3.63) is 89.2 Å². The number of anilines is 2. The number of hydrogen-bond acceptors (Lipinski definition) is 3. The minimum absolute atomic E-state index is 0.161. The van der Waals surface area contributed by atoms with Crippen LogP contribution in [-0.4, -0.2) is 17.9 Å². The minimum Gasteiger partial charge on any atom is -0.348 e. The van der Waals surface area contributed by atoms with Crippen molar-refractivity contribution >= 4 is 28.9 Å². The second-order valence-corrected chi connectivity index (χ2v) is 6.07. The van der Waals surface area contributed by atoms with E-state index in [2.05, 4.69) is 10.3 Å². The number of hydrogen-bond donors (Lipinski definition) is 1. The first-order valence-electron chi connectivity index (χ1n) is 7.90. The Morgan fingerprint density at radius 2 is 1.76 bits per heavy atom. The number of benzene rings is 2. The van der Waals surface area contributed by atoms with Crippen LogP contribution in [0.4, 0.5) is 11.4 Å². The summed E-state index contributed by atoms with van der Waals surface area (Å²) in [5, 5.41) is 3.58. The van der Waals surface area contributed by atoms with Crippen molar-refractivity contribution in [1.29, 1.82) is 0 Å². The lowest BCUT2D eigenvalue weighted by Crippen LogP contribution is -2.23. The molecule has 0 saturated heterocycles. The zero-order valence-electron chi connectivity index (χ0n) is 13.8.